The third-order valence-electron chi connectivity index (χ3n) is 5.72. The Labute approximate surface area is 190 Å². The molecule has 1 aromatic carbocycles. The van der Waals surface area contributed by atoms with Crippen LogP contribution in [-0.2, 0) is 20.7 Å². The van der Waals surface area contributed by atoms with Crippen molar-refractivity contribution in [3.8, 4) is 0 Å². The summed E-state index contributed by atoms with van der Waals surface area (Å²) in [5.74, 6) is 0.313. The Bertz CT molecular complexity index is 875. The van der Waals surface area contributed by atoms with Crippen molar-refractivity contribution in [3.63, 3.8) is 0 Å². The molecule has 1 unspecified atom stereocenters. The topological polar surface area (TPSA) is 49.9 Å². The van der Waals surface area contributed by atoms with Crippen LogP contribution in [0.25, 0.3) is 0 Å². The van der Waals surface area contributed by atoms with E-state index in [-0.39, 0.29) is 30.3 Å². The molecule has 0 fully saturated rings. The summed E-state index contributed by atoms with van der Waals surface area (Å²) in [6.45, 7) is 8.05. The summed E-state index contributed by atoms with van der Waals surface area (Å²) in [7, 11) is 1.66. The van der Waals surface area contributed by atoms with Crippen LogP contribution in [-0.4, -0.2) is 55.0 Å². The number of nitrogens with zero attached hydrogens (tertiary/aromatic N) is 2. The highest BCUT2D eigenvalue weighted by Gasteiger charge is 2.33. The van der Waals surface area contributed by atoms with Gasteiger partial charge in [0.25, 0.3) is 0 Å². The fraction of sp³-hybridized carbons (Fsp3) is 0.520. The maximum absolute atomic E-state index is 13.5. The van der Waals surface area contributed by atoms with E-state index >= 15 is 0 Å². The number of carbonyl (C=O) groups excluding carboxylic acids is 2. The zero-order valence-electron chi connectivity index (χ0n) is 19.1. The highest BCUT2D eigenvalue weighted by molar-refractivity contribution is 7.10. The number of hydrogen-bond acceptors (Lipinski definition) is 4. The Morgan fingerprint density at radius 2 is 1.97 bits per heavy atom. The number of methoxy groups -OCH3 is 1. The molecule has 0 radical (unpaired) electrons. The molecule has 168 valence electrons. The summed E-state index contributed by atoms with van der Waals surface area (Å²) in [4.78, 5) is 31.4. The molecule has 1 atom stereocenters. The fourth-order valence-corrected chi connectivity index (χ4v) is 5.02. The Kier molecular flexibility index (Phi) is 8.27. The molecule has 0 saturated carbocycles. The van der Waals surface area contributed by atoms with Crippen LogP contribution in [0.15, 0.2) is 35.7 Å². The molecule has 0 saturated heterocycles. The molecule has 1 aliphatic rings. The molecule has 0 N–H and O–H groups in total. The maximum atomic E-state index is 13.5. The lowest BCUT2D eigenvalue weighted by Gasteiger charge is -2.37. The van der Waals surface area contributed by atoms with Gasteiger partial charge in [-0.3, -0.25) is 9.59 Å². The second-order valence-electron chi connectivity index (χ2n) is 8.71. The van der Waals surface area contributed by atoms with Gasteiger partial charge in [-0.1, -0.05) is 43.7 Å². The molecule has 6 heteroatoms. The molecular weight excluding hydrogens is 408 g/mol. The van der Waals surface area contributed by atoms with E-state index in [1.165, 1.54) is 16.0 Å². The number of amides is 2. The van der Waals surface area contributed by atoms with Gasteiger partial charge in [0, 0.05) is 38.1 Å². The van der Waals surface area contributed by atoms with Crippen LogP contribution in [0.4, 0.5) is 0 Å². The second kappa shape index (κ2) is 10.9. The first kappa shape index (κ1) is 23.5. The molecule has 2 amide bonds. The highest BCUT2D eigenvalue weighted by atomic mass is 32.1. The van der Waals surface area contributed by atoms with Gasteiger partial charge in [-0.05, 0) is 48.3 Å². The fourth-order valence-electron chi connectivity index (χ4n) is 4.12. The summed E-state index contributed by atoms with van der Waals surface area (Å²) >= 11 is 1.76. The molecule has 5 nitrogen and oxygen atoms in total. The summed E-state index contributed by atoms with van der Waals surface area (Å²) in [6.07, 6.45) is 2.05. The van der Waals surface area contributed by atoms with E-state index < -0.39 is 0 Å². The number of ether oxygens (including phenoxy) is 1. The van der Waals surface area contributed by atoms with E-state index in [2.05, 4.69) is 42.6 Å². The Hall–Kier alpha value is -2.18. The SMILES string of the molecule is COCCCN(CC(=O)N1CCc2sccc2C1c1ccc(C)cc1)C(=O)CC(C)C. The molecule has 3 rings (SSSR count). The lowest BCUT2D eigenvalue weighted by Crippen LogP contribution is -2.47. The summed E-state index contributed by atoms with van der Waals surface area (Å²) < 4.78 is 5.16. The number of fused-ring (bicyclic) bond motifs is 1. The van der Waals surface area contributed by atoms with Crippen molar-refractivity contribution < 1.29 is 14.3 Å². The zero-order valence-corrected chi connectivity index (χ0v) is 19.9. The average Bonchev–Trinajstić information content (AvgIpc) is 3.21. The van der Waals surface area contributed by atoms with Crippen molar-refractivity contribution in [3.05, 3.63) is 57.3 Å². The van der Waals surface area contributed by atoms with E-state index in [0.717, 1.165) is 18.4 Å². The first-order valence-corrected chi connectivity index (χ1v) is 12.0. The van der Waals surface area contributed by atoms with Gasteiger partial charge in [-0.15, -0.1) is 11.3 Å². The average molecular weight is 443 g/mol. The van der Waals surface area contributed by atoms with Crippen LogP contribution in [0.1, 0.15) is 54.3 Å². The number of benzene rings is 1. The van der Waals surface area contributed by atoms with Crippen molar-refractivity contribution >= 4 is 23.2 Å². The minimum Gasteiger partial charge on any atom is -0.385 e. The monoisotopic (exact) mass is 442 g/mol. The van der Waals surface area contributed by atoms with Crippen LogP contribution in [0.3, 0.4) is 0 Å². The Morgan fingerprint density at radius 1 is 1.23 bits per heavy atom. The van der Waals surface area contributed by atoms with Crippen molar-refractivity contribution in [2.75, 3.05) is 33.4 Å². The molecule has 1 aliphatic heterocycles. The zero-order chi connectivity index (χ0) is 22.4. The molecular formula is C25H34N2O3S. The van der Waals surface area contributed by atoms with Crippen molar-refractivity contribution in [2.24, 2.45) is 5.92 Å². The van der Waals surface area contributed by atoms with Crippen LogP contribution >= 0.6 is 11.3 Å². The summed E-state index contributed by atoms with van der Waals surface area (Å²) in [5, 5.41) is 2.11. The molecule has 0 bridgehead atoms. The van der Waals surface area contributed by atoms with Crippen LogP contribution in [0, 0.1) is 12.8 Å². The summed E-state index contributed by atoms with van der Waals surface area (Å²) in [5.41, 5.74) is 3.54. The normalized spacial score (nSPS) is 15.8. The van der Waals surface area contributed by atoms with Gasteiger partial charge in [-0.2, -0.15) is 0 Å². The number of aryl methyl sites for hydroxylation is 1. The maximum Gasteiger partial charge on any atom is 0.242 e. The van der Waals surface area contributed by atoms with Crippen LogP contribution < -0.4 is 0 Å². The van der Waals surface area contributed by atoms with Crippen LogP contribution in [0.5, 0.6) is 0 Å². The van der Waals surface area contributed by atoms with Crippen molar-refractivity contribution in [2.45, 2.75) is 46.1 Å². The first-order valence-electron chi connectivity index (χ1n) is 11.1. The highest BCUT2D eigenvalue weighted by Crippen LogP contribution is 2.38. The molecule has 2 aromatic rings. The molecule has 2 heterocycles. The number of carbonyl (C=O) groups is 2. The van der Waals surface area contributed by atoms with E-state index in [0.29, 0.717) is 26.1 Å². The Balaban J connectivity index is 1.82. The van der Waals surface area contributed by atoms with Crippen molar-refractivity contribution in [1.29, 1.82) is 0 Å². The third-order valence-corrected chi connectivity index (χ3v) is 6.71. The number of rotatable bonds is 9. The van der Waals surface area contributed by atoms with Gasteiger partial charge in [0.1, 0.15) is 0 Å². The van der Waals surface area contributed by atoms with Crippen molar-refractivity contribution in [1.82, 2.24) is 9.80 Å². The molecule has 1 aromatic heterocycles. The molecule has 0 aliphatic carbocycles. The van der Waals surface area contributed by atoms with E-state index in [9.17, 15) is 9.59 Å². The predicted molar refractivity (Wildman–Crippen MR) is 125 cm³/mol. The molecule has 31 heavy (non-hydrogen) atoms. The minimum atomic E-state index is -0.0934. The van der Waals surface area contributed by atoms with Gasteiger partial charge in [0.05, 0.1) is 12.6 Å². The van der Waals surface area contributed by atoms with Gasteiger partial charge in [-0.25, -0.2) is 0 Å². The minimum absolute atomic E-state index is 0.0111. The second-order valence-corrected chi connectivity index (χ2v) is 9.71. The van der Waals surface area contributed by atoms with E-state index in [4.69, 9.17) is 4.74 Å². The first-order chi connectivity index (χ1) is 14.9. The standard InChI is InChI=1S/C25H34N2O3S/c1-18(2)16-23(28)26(12-5-14-30-4)17-24(29)27-13-10-22-21(11-15-31-22)25(27)20-8-6-19(3)7-9-20/h6-9,11,15,18,25H,5,10,12-14,16-17H2,1-4H3. The predicted octanol–water partition coefficient (Wildman–Crippen LogP) is 4.44. The van der Waals surface area contributed by atoms with Gasteiger partial charge < -0.3 is 14.5 Å². The quantitative estimate of drug-likeness (QED) is 0.540. The smallest absolute Gasteiger partial charge is 0.242 e. The Morgan fingerprint density at radius 3 is 2.65 bits per heavy atom. The van der Waals surface area contributed by atoms with E-state index in [1.54, 1.807) is 23.3 Å². The largest absolute Gasteiger partial charge is 0.385 e. The summed E-state index contributed by atoms with van der Waals surface area (Å²) in [6, 6.07) is 10.5. The van der Waals surface area contributed by atoms with Gasteiger partial charge in [0.15, 0.2) is 0 Å². The number of thiophene rings is 1. The lowest BCUT2D eigenvalue weighted by atomic mass is 9.92. The lowest BCUT2D eigenvalue weighted by molar-refractivity contribution is -0.142. The molecule has 0 spiro atoms. The number of hydrogen-bond donors (Lipinski definition) is 0. The van der Waals surface area contributed by atoms with Gasteiger partial charge in [0.2, 0.25) is 11.8 Å². The van der Waals surface area contributed by atoms with E-state index in [1.807, 2.05) is 18.7 Å². The third kappa shape index (κ3) is 5.95. The van der Waals surface area contributed by atoms with Crippen LogP contribution in [0.2, 0.25) is 0 Å². The van der Waals surface area contributed by atoms with Gasteiger partial charge >= 0.3 is 0 Å².